The van der Waals surface area contributed by atoms with Crippen molar-refractivity contribution < 1.29 is 14.3 Å². The number of hydrogen-bond donors (Lipinski definition) is 1. The van der Waals surface area contributed by atoms with E-state index in [0.29, 0.717) is 19.6 Å². The minimum absolute atomic E-state index is 0.0321. The molecule has 1 aliphatic rings. The summed E-state index contributed by atoms with van der Waals surface area (Å²) in [4.78, 5) is 11.6. The molecule has 1 unspecified atom stereocenters. The van der Waals surface area contributed by atoms with E-state index >= 15 is 0 Å². The average molecular weight is 263 g/mol. The molecule has 0 saturated carbocycles. The lowest BCUT2D eigenvalue weighted by Gasteiger charge is -2.22. The van der Waals surface area contributed by atoms with Gasteiger partial charge in [-0.25, -0.2) is 0 Å². The third-order valence-corrected chi connectivity index (χ3v) is 3.11. The summed E-state index contributed by atoms with van der Waals surface area (Å²) in [6, 6.07) is 10.2. The van der Waals surface area contributed by atoms with E-state index in [1.165, 1.54) is 5.56 Å². The molecule has 1 saturated heterocycles. The average Bonchev–Trinajstić information content (AvgIpc) is 2.46. The summed E-state index contributed by atoms with van der Waals surface area (Å²) in [5, 5.41) is 3.20. The maximum absolute atomic E-state index is 11.6. The van der Waals surface area contributed by atoms with E-state index in [1.54, 1.807) is 0 Å². The normalized spacial score (nSPS) is 19.1. The lowest BCUT2D eigenvalue weighted by Crippen LogP contribution is -2.39. The summed E-state index contributed by atoms with van der Waals surface area (Å²) in [6.45, 7) is 2.75. The van der Waals surface area contributed by atoms with Crippen LogP contribution in [0.25, 0.3) is 0 Å². The molecule has 4 heteroatoms. The molecule has 1 fully saturated rings. The van der Waals surface area contributed by atoms with Crippen molar-refractivity contribution in [3.63, 3.8) is 0 Å². The first-order chi connectivity index (χ1) is 9.34. The summed E-state index contributed by atoms with van der Waals surface area (Å²) in [5.41, 5.74) is 1.28. The topological polar surface area (TPSA) is 47.6 Å². The second-order valence-electron chi connectivity index (χ2n) is 4.71. The first-order valence-electron chi connectivity index (χ1n) is 6.86. The molecular formula is C15H21NO3. The van der Waals surface area contributed by atoms with Crippen LogP contribution in [0.5, 0.6) is 0 Å². The van der Waals surface area contributed by atoms with Crippen molar-refractivity contribution in [3.8, 4) is 0 Å². The van der Waals surface area contributed by atoms with E-state index in [0.717, 1.165) is 25.9 Å². The number of hydrogen-bond acceptors (Lipinski definition) is 4. The lowest BCUT2D eigenvalue weighted by molar-refractivity contribution is -0.147. The van der Waals surface area contributed by atoms with Crippen LogP contribution in [0, 0.1) is 0 Å². The molecule has 1 aromatic rings. The zero-order valence-electron chi connectivity index (χ0n) is 11.1. The van der Waals surface area contributed by atoms with Gasteiger partial charge in [-0.1, -0.05) is 30.3 Å². The van der Waals surface area contributed by atoms with Gasteiger partial charge in [0.1, 0.15) is 0 Å². The van der Waals surface area contributed by atoms with Crippen molar-refractivity contribution in [2.24, 2.45) is 0 Å². The third-order valence-electron chi connectivity index (χ3n) is 3.11. The number of nitrogens with one attached hydrogen (secondary N) is 1. The molecule has 2 rings (SSSR count). The Labute approximate surface area is 114 Å². The summed E-state index contributed by atoms with van der Waals surface area (Å²) < 4.78 is 10.7. The monoisotopic (exact) mass is 263 g/mol. The molecule has 1 heterocycles. The van der Waals surface area contributed by atoms with Gasteiger partial charge in [-0.2, -0.15) is 0 Å². The highest BCUT2D eigenvalue weighted by atomic mass is 16.5. The molecule has 1 N–H and O–H groups in total. The number of morpholine rings is 1. The van der Waals surface area contributed by atoms with Crippen molar-refractivity contribution in [1.29, 1.82) is 0 Å². The molecule has 0 amide bonds. The summed E-state index contributed by atoms with van der Waals surface area (Å²) in [5.74, 6) is -0.165. The zero-order valence-corrected chi connectivity index (χ0v) is 11.1. The highest BCUT2D eigenvalue weighted by Gasteiger charge is 2.17. The van der Waals surface area contributed by atoms with Gasteiger partial charge in [-0.05, 0) is 18.4 Å². The summed E-state index contributed by atoms with van der Waals surface area (Å²) in [6.07, 6.45) is 2.11. The Balaban J connectivity index is 1.56. The van der Waals surface area contributed by atoms with Crippen LogP contribution < -0.4 is 5.32 Å². The molecule has 4 nitrogen and oxygen atoms in total. The highest BCUT2D eigenvalue weighted by molar-refractivity contribution is 5.70. The second-order valence-corrected chi connectivity index (χ2v) is 4.71. The van der Waals surface area contributed by atoms with Gasteiger partial charge in [0.15, 0.2) is 0 Å². The molecule has 0 aliphatic carbocycles. The second kappa shape index (κ2) is 7.92. The van der Waals surface area contributed by atoms with Gasteiger partial charge in [0, 0.05) is 13.1 Å². The van der Waals surface area contributed by atoms with Gasteiger partial charge < -0.3 is 14.8 Å². The molecule has 0 radical (unpaired) electrons. The number of esters is 1. The van der Waals surface area contributed by atoms with E-state index in [-0.39, 0.29) is 12.1 Å². The zero-order chi connectivity index (χ0) is 13.3. The van der Waals surface area contributed by atoms with Gasteiger partial charge in [-0.3, -0.25) is 4.79 Å². The molecule has 1 atom stereocenters. The Bertz CT molecular complexity index is 374. The van der Waals surface area contributed by atoms with Gasteiger partial charge in [0.05, 0.1) is 25.7 Å². The van der Waals surface area contributed by atoms with Crippen LogP contribution in [0.4, 0.5) is 0 Å². The molecule has 0 spiro atoms. The quantitative estimate of drug-likeness (QED) is 0.625. The van der Waals surface area contributed by atoms with Crippen LogP contribution in [-0.2, 0) is 20.7 Å². The third kappa shape index (κ3) is 5.41. The van der Waals surface area contributed by atoms with E-state index in [1.807, 2.05) is 18.2 Å². The first kappa shape index (κ1) is 14.0. The fourth-order valence-electron chi connectivity index (χ4n) is 2.10. The molecular weight excluding hydrogens is 242 g/mol. The van der Waals surface area contributed by atoms with Gasteiger partial charge in [0.25, 0.3) is 0 Å². The minimum atomic E-state index is -0.165. The Morgan fingerprint density at radius 2 is 2.21 bits per heavy atom. The van der Waals surface area contributed by atoms with Crippen LogP contribution in [-0.4, -0.2) is 38.4 Å². The Hall–Kier alpha value is -1.39. The molecule has 1 aromatic carbocycles. The van der Waals surface area contributed by atoms with Gasteiger partial charge in [0.2, 0.25) is 0 Å². The van der Waals surface area contributed by atoms with Gasteiger partial charge >= 0.3 is 5.97 Å². The molecule has 0 bridgehead atoms. The summed E-state index contributed by atoms with van der Waals surface area (Å²) >= 11 is 0. The van der Waals surface area contributed by atoms with Crippen molar-refractivity contribution in [1.82, 2.24) is 5.32 Å². The number of ether oxygens (including phenoxy) is 2. The number of carbonyl (C=O) groups is 1. The number of aryl methyl sites for hydroxylation is 1. The van der Waals surface area contributed by atoms with E-state index in [2.05, 4.69) is 17.4 Å². The first-order valence-corrected chi connectivity index (χ1v) is 6.86. The van der Waals surface area contributed by atoms with Crippen molar-refractivity contribution in [3.05, 3.63) is 35.9 Å². The molecule has 19 heavy (non-hydrogen) atoms. The fraction of sp³-hybridized carbons (Fsp3) is 0.533. The number of rotatable bonds is 6. The predicted molar refractivity (Wildman–Crippen MR) is 72.9 cm³/mol. The highest BCUT2D eigenvalue weighted by Crippen LogP contribution is 2.05. The van der Waals surface area contributed by atoms with Crippen LogP contribution >= 0.6 is 0 Å². The van der Waals surface area contributed by atoms with Crippen LogP contribution in [0.2, 0.25) is 0 Å². The molecule has 0 aromatic heterocycles. The minimum Gasteiger partial charge on any atom is -0.466 e. The van der Waals surface area contributed by atoms with Crippen molar-refractivity contribution >= 4 is 5.97 Å². The standard InChI is InChI=1S/C15H21NO3/c17-15(11-14-12-16-8-10-18-14)19-9-4-7-13-5-2-1-3-6-13/h1-3,5-6,14,16H,4,7-12H2. The smallest absolute Gasteiger partial charge is 0.308 e. The van der Waals surface area contributed by atoms with E-state index < -0.39 is 0 Å². The Kier molecular flexibility index (Phi) is 5.85. The Morgan fingerprint density at radius 1 is 1.37 bits per heavy atom. The SMILES string of the molecule is O=C(CC1CNCCO1)OCCCc1ccccc1. The van der Waals surface area contributed by atoms with Crippen molar-refractivity contribution in [2.45, 2.75) is 25.4 Å². The largest absolute Gasteiger partial charge is 0.466 e. The van der Waals surface area contributed by atoms with E-state index in [9.17, 15) is 4.79 Å². The van der Waals surface area contributed by atoms with Crippen LogP contribution in [0.15, 0.2) is 30.3 Å². The lowest BCUT2D eigenvalue weighted by atomic mass is 10.1. The maximum atomic E-state index is 11.6. The Morgan fingerprint density at radius 3 is 2.95 bits per heavy atom. The summed E-state index contributed by atoms with van der Waals surface area (Å²) in [7, 11) is 0. The van der Waals surface area contributed by atoms with Crippen LogP contribution in [0.1, 0.15) is 18.4 Å². The van der Waals surface area contributed by atoms with Gasteiger partial charge in [-0.15, -0.1) is 0 Å². The van der Waals surface area contributed by atoms with E-state index in [4.69, 9.17) is 9.47 Å². The van der Waals surface area contributed by atoms with Crippen molar-refractivity contribution in [2.75, 3.05) is 26.3 Å². The molecule has 104 valence electrons. The van der Waals surface area contributed by atoms with Crippen LogP contribution in [0.3, 0.4) is 0 Å². The fourth-order valence-corrected chi connectivity index (χ4v) is 2.10. The number of carbonyl (C=O) groups excluding carboxylic acids is 1. The predicted octanol–water partition coefficient (Wildman–Crippen LogP) is 1.54. The number of benzene rings is 1. The maximum Gasteiger partial charge on any atom is 0.308 e. The molecule has 1 aliphatic heterocycles.